The van der Waals surface area contributed by atoms with Crippen LogP contribution in [0.1, 0.15) is 15.4 Å². The molecule has 1 N–H and O–H groups in total. The Morgan fingerprint density at radius 1 is 1.14 bits per heavy atom. The monoisotopic (exact) mass is 395 g/mol. The lowest BCUT2D eigenvalue weighted by molar-refractivity contribution is -0.118. The number of rotatable bonds is 6. The van der Waals surface area contributed by atoms with E-state index < -0.39 is 0 Å². The van der Waals surface area contributed by atoms with Gasteiger partial charge in [-0.15, -0.1) is 11.3 Å². The molecule has 0 aliphatic heterocycles. The van der Waals surface area contributed by atoms with Crippen LogP contribution in [-0.2, 0) is 4.79 Å². The summed E-state index contributed by atoms with van der Waals surface area (Å²) in [6, 6.07) is 14.3. The number of nitrogens with zero attached hydrogens (tertiary/aromatic N) is 2. The van der Waals surface area contributed by atoms with Crippen molar-refractivity contribution in [3.8, 4) is 17.0 Å². The van der Waals surface area contributed by atoms with E-state index in [9.17, 15) is 9.59 Å². The second kappa shape index (κ2) is 8.67. The first kappa shape index (κ1) is 19.6. The zero-order valence-electron chi connectivity index (χ0n) is 15.9. The van der Waals surface area contributed by atoms with E-state index in [2.05, 4.69) is 10.3 Å². The Balaban J connectivity index is 1.56. The molecule has 0 unspecified atom stereocenters. The predicted octanol–water partition coefficient (Wildman–Crippen LogP) is 3.84. The molecule has 0 saturated carbocycles. The summed E-state index contributed by atoms with van der Waals surface area (Å²) in [6.07, 6.45) is 0. The highest BCUT2D eigenvalue weighted by Crippen LogP contribution is 2.23. The molecule has 0 radical (unpaired) electrons. The van der Waals surface area contributed by atoms with Gasteiger partial charge in [0.05, 0.1) is 10.7 Å². The average Bonchev–Trinajstić information content (AvgIpc) is 3.12. The largest absolute Gasteiger partial charge is 0.484 e. The van der Waals surface area contributed by atoms with Crippen LogP contribution in [0.5, 0.6) is 5.75 Å². The molecule has 3 aromatic rings. The van der Waals surface area contributed by atoms with Crippen LogP contribution in [0.2, 0.25) is 0 Å². The number of aryl methyl sites for hydroxylation is 1. The minimum absolute atomic E-state index is 0.122. The molecule has 7 heteroatoms. The summed E-state index contributed by atoms with van der Waals surface area (Å²) < 4.78 is 5.55. The third kappa shape index (κ3) is 4.95. The van der Waals surface area contributed by atoms with Crippen molar-refractivity contribution in [3.05, 3.63) is 64.5 Å². The van der Waals surface area contributed by atoms with Crippen LogP contribution in [0.25, 0.3) is 11.3 Å². The Labute approximate surface area is 167 Å². The number of carbonyl (C=O) groups is 2. The summed E-state index contributed by atoms with van der Waals surface area (Å²) >= 11 is 1.60. The lowest BCUT2D eigenvalue weighted by atomic mass is 10.2. The van der Waals surface area contributed by atoms with Crippen molar-refractivity contribution in [1.82, 2.24) is 9.88 Å². The molecule has 2 aromatic carbocycles. The van der Waals surface area contributed by atoms with Crippen LogP contribution in [-0.4, -0.2) is 42.4 Å². The molecule has 6 nitrogen and oxygen atoms in total. The smallest absolute Gasteiger partial charge is 0.262 e. The topological polar surface area (TPSA) is 71.5 Å². The number of carbonyl (C=O) groups excluding carboxylic acids is 2. The fourth-order valence-electron chi connectivity index (χ4n) is 2.55. The zero-order chi connectivity index (χ0) is 20.1. The summed E-state index contributed by atoms with van der Waals surface area (Å²) in [6.45, 7) is 1.84. The van der Waals surface area contributed by atoms with Gasteiger partial charge in [-0.05, 0) is 49.4 Å². The van der Waals surface area contributed by atoms with E-state index in [0.29, 0.717) is 17.0 Å². The normalized spacial score (nSPS) is 10.4. The molecular formula is C21H21N3O3S. The Bertz CT molecular complexity index is 981. The van der Waals surface area contributed by atoms with Crippen molar-refractivity contribution in [3.63, 3.8) is 0 Å². The van der Waals surface area contributed by atoms with Gasteiger partial charge in [-0.3, -0.25) is 9.59 Å². The molecule has 0 atom stereocenters. The molecule has 0 aliphatic carbocycles. The molecule has 1 heterocycles. The second-order valence-corrected chi connectivity index (χ2v) is 7.46. The number of nitrogens with one attached hydrogen (secondary N) is 1. The molecule has 0 fully saturated rings. The van der Waals surface area contributed by atoms with Crippen molar-refractivity contribution in [2.24, 2.45) is 0 Å². The lowest BCUT2D eigenvalue weighted by Gasteiger charge is -2.12. The van der Waals surface area contributed by atoms with Gasteiger partial charge in [0.2, 0.25) is 0 Å². The fraction of sp³-hybridized carbons (Fsp3) is 0.190. The quantitative estimate of drug-likeness (QED) is 0.688. The molecule has 1 aromatic heterocycles. The van der Waals surface area contributed by atoms with E-state index in [1.54, 1.807) is 49.7 Å². The van der Waals surface area contributed by atoms with Crippen LogP contribution < -0.4 is 10.1 Å². The highest BCUT2D eigenvalue weighted by Gasteiger charge is 2.10. The first-order valence-electron chi connectivity index (χ1n) is 8.69. The van der Waals surface area contributed by atoms with E-state index in [4.69, 9.17) is 4.74 Å². The van der Waals surface area contributed by atoms with Gasteiger partial charge >= 0.3 is 0 Å². The molecule has 144 valence electrons. The Morgan fingerprint density at radius 3 is 2.54 bits per heavy atom. The van der Waals surface area contributed by atoms with Crippen molar-refractivity contribution < 1.29 is 14.3 Å². The fourth-order valence-corrected chi connectivity index (χ4v) is 3.17. The van der Waals surface area contributed by atoms with Gasteiger partial charge in [-0.1, -0.05) is 6.07 Å². The molecule has 3 rings (SSSR count). The van der Waals surface area contributed by atoms with E-state index in [-0.39, 0.29) is 18.4 Å². The summed E-state index contributed by atoms with van der Waals surface area (Å²) in [5.41, 5.74) is 3.00. The summed E-state index contributed by atoms with van der Waals surface area (Å²) in [5.74, 6) is 0.179. The predicted molar refractivity (Wildman–Crippen MR) is 111 cm³/mol. The number of amides is 2. The second-order valence-electron chi connectivity index (χ2n) is 6.39. The maximum atomic E-state index is 12.2. The summed E-state index contributed by atoms with van der Waals surface area (Å²) in [7, 11) is 3.37. The van der Waals surface area contributed by atoms with E-state index in [0.717, 1.165) is 16.3 Å². The lowest BCUT2D eigenvalue weighted by Crippen LogP contribution is -2.23. The Kier molecular flexibility index (Phi) is 6.06. The highest BCUT2D eigenvalue weighted by molar-refractivity contribution is 7.09. The number of anilines is 1. The van der Waals surface area contributed by atoms with Gasteiger partial charge in [0.25, 0.3) is 11.8 Å². The van der Waals surface area contributed by atoms with Crippen LogP contribution in [0.3, 0.4) is 0 Å². The SMILES string of the molecule is Cc1nc(-c2ccc(OCC(=O)Nc3cccc(C(=O)N(C)C)c3)cc2)cs1. The molecule has 0 saturated heterocycles. The molecule has 0 aliphatic rings. The molecule has 0 bridgehead atoms. The third-order valence-electron chi connectivity index (χ3n) is 3.94. The van der Waals surface area contributed by atoms with Gasteiger partial charge in [0.1, 0.15) is 5.75 Å². The number of hydrogen-bond donors (Lipinski definition) is 1. The maximum absolute atomic E-state index is 12.2. The number of benzene rings is 2. The minimum Gasteiger partial charge on any atom is -0.484 e. The maximum Gasteiger partial charge on any atom is 0.262 e. The first-order chi connectivity index (χ1) is 13.4. The highest BCUT2D eigenvalue weighted by atomic mass is 32.1. The van der Waals surface area contributed by atoms with Gasteiger partial charge in [0.15, 0.2) is 6.61 Å². The molecule has 0 spiro atoms. The zero-order valence-corrected chi connectivity index (χ0v) is 16.7. The molecule has 2 amide bonds. The summed E-state index contributed by atoms with van der Waals surface area (Å²) in [5, 5.41) is 5.77. The van der Waals surface area contributed by atoms with Crippen molar-refractivity contribution >= 4 is 28.8 Å². The van der Waals surface area contributed by atoms with Crippen molar-refractivity contribution in [1.29, 1.82) is 0 Å². The summed E-state index contributed by atoms with van der Waals surface area (Å²) in [4.78, 5) is 30.1. The van der Waals surface area contributed by atoms with E-state index in [1.165, 1.54) is 4.90 Å². The van der Waals surface area contributed by atoms with E-state index in [1.807, 2.05) is 36.6 Å². The van der Waals surface area contributed by atoms with Crippen LogP contribution in [0.15, 0.2) is 53.9 Å². The number of aromatic nitrogens is 1. The minimum atomic E-state index is -0.298. The average molecular weight is 395 g/mol. The van der Waals surface area contributed by atoms with Crippen molar-refractivity contribution in [2.45, 2.75) is 6.92 Å². The van der Waals surface area contributed by atoms with Gasteiger partial charge in [0, 0.05) is 36.3 Å². The Hall–Kier alpha value is -3.19. The van der Waals surface area contributed by atoms with Crippen LogP contribution >= 0.6 is 11.3 Å². The third-order valence-corrected chi connectivity index (χ3v) is 4.71. The number of ether oxygens (including phenoxy) is 1. The molecular weight excluding hydrogens is 374 g/mol. The Morgan fingerprint density at radius 2 is 1.89 bits per heavy atom. The number of hydrogen-bond acceptors (Lipinski definition) is 5. The van der Waals surface area contributed by atoms with Gasteiger partial charge < -0.3 is 15.0 Å². The van der Waals surface area contributed by atoms with Crippen LogP contribution in [0, 0.1) is 6.92 Å². The van der Waals surface area contributed by atoms with Crippen LogP contribution in [0.4, 0.5) is 5.69 Å². The van der Waals surface area contributed by atoms with E-state index >= 15 is 0 Å². The van der Waals surface area contributed by atoms with Gasteiger partial charge in [-0.25, -0.2) is 4.98 Å². The number of thiazole rings is 1. The first-order valence-corrected chi connectivity index (χ1v) is 9.57. The van der Waals surface area contributed by atoms with Gasteiger partial charge in [-0.2, -0.15) is 0 Å². The molecule has 28 heavy (non-hydrogen) atoms. The standard InChI is InChI=1S/C21H21N3O3S/c1-14-22-19(13-28-14)15-7-9-18(10-8-15)27-12-20(25)23-17-6-4-5-16(11-17)21(26)24(2)3/h4-11,13H,12H2,1-3H3,(H,23,25). The van der Waals surface area contributed by atoms with Crippen molar-refractivity contribution in [2.75, 3.05) is 26.0 Å².